The van der Waals surface area contributed by atoms with Crippen LogP contribution in [0.2, 0.25) is 5.02 Å². The standard InChI is InChI=1S/C20H28ClN3O3/c1-19(2,3)27-18(26)24-8-7-20(12-24)10-14(11-20)23-16-6-5-13(9-15(16)21)17(25)22-4/h5-6,9,14,23H,7-8,10-12H2,1-4H3,(H,22,25). The predicted octanol–water partition coefficient (Wildman–Crippen LogP) is 3.90. The first-order chi connectivity index (χ1) is 12.6. The molecule has 2 aliphatic rings. The molecule has 0 aromatic heterocycles. The summed E-state index contributed by atoms with van der Waals surface area (Å²) < 4.78 is 5.48. The zero-order chi connectivity index (χ0) is 19.8. The molecule has 1 aliphatic heterocycles. The van der Waals surface area contributed by atoms with E-state index in [9.17, 15) is 9.59 Å². The van der Waals surface area contributed by atoms with Crippen molar-refractivity contribution in [3.05, 3.63) is 28.8 Å². The smallest absolute Gasteiger partial charge is 0.410 e. The van der Waals surface area contributed by atoms with E-state index in [4.69, 9.17) is 16.3 Å². The summed E-state index contributed by atoms with van der Waals surface area (Å²) in [5.74, 6) is -0.153. The van der Waals surface area contributed by atoms with Crippen LogP contribution in [0.25, 0.3) is 0 Å². The van der Waals surface area contributed by atoms with Crippen LogP contribution >= 0.6 is 11.6 Å². The molecule has 1 heterocycles. The van der Waals surface area contributed by atoms with E-state index in [2.05, 4.69) is 10.6 Å². The number of ether oxygens (including phenoxy) is 1. The molecule has 1 saturated carbocycles. The van der Waals surface area contributed by atoms with Crippen molar-refractivity contribution in [3.8, 4) is 0 Å². The van der Waals surface area contributed by atoms with Crippen molar-refractivity contribution in [2.45, 2.75) is 51.7 Å². The number of likely N-dealkylation sites (tertiary alicyclic amines) is 1. The van der Waals surface area contributed by atoms with Gasteiger partial charge < -0.3 is 20.3 Å². The SMILES string of the molecule is CNC(=O)c1ccc(NC2CC3(CCN(C(=O)OC(C)(C)C)C3)C2)c(Cl)c1. The summed E-state index contributed by atoms with van der Waals surface area (Å²) in [5, 5.41) is 6.60. The third kappa shape index (κ3) is 4.49. The Labute approximate surface area is 165 Å². The summed E-state index contributed by atoms with van der Waals surface area (Å²) in [6.07, 6.45) is 2.79. The Bertz CT molecular complexity index is 738. The average molecular weight is 394 g/mol. The Morgan fingerprint density at radius 1 is 1.30 bits per heavy atom. The van der Waals surface area contributed by atoms with E-state index in [1.165, 1.54) is 0 Å². The van der Waals surface area contributed by atoms with Crippen LogP contribution in [-0.4, -0.2) is 48.7 Å². The number of nitrogens with one attached hydrogen (secondary N) is 2. The molecule has 0 radical (unpaired) electrons. The van der Waals surface area contributed by atoms with Crippen LogP contribution in [0.15, 0.2) is 18.2 Å². The van der Waals surface area contributed by atoms with E-state index in [1.807, 2.05) is 31.7 Å². The van der Waals surface area contributed by atoms with E-state index >= 15 is 0 Å². The molecule has 0 unspecified atom stereocenters. The van der Waals surface area contributed by atoms with Crippen LogP contribution in [0.3, 0.4) is 0 Å². The zero-order valence-corrected chi connectivity index (χ0v) is 17.2. The van der Waals surface area contributed by atoms with Crippen molar-refractivity contribution in [1.82, 2.24) is 10.2 Å². The second kappa shape index (κ2) is 7.23. The van der Waals surface area contributed by atoms with Gasteiger partial charge in [0.15, 0.2) is 0 Å². The molecule has 6 nitrogen and oxygen atoms in total. The molecule has 2 N–H and O–H groups in total. The molecule has 27 heavy (non-hydrogen) atoms. The minimum Gasteiger partial charge on any atom is -0.444 e. The fraction of sp³-hybridized carbons (Fsp3) is 0.600. The Morgan fingerprint density at radius 3 is 2.59 bits per heavy atom. The molecule has 1 aromatic carbocycles. The molecule has 148 valence electrons. The summed E-state index contributed by atoms with van der Waals surface area (Å²) in [6.45, 7) is 7.17. The van der Waals surface area contributed by atoms with Gasteiger partial charge in [-0.15, -0.1) is 0 Å². The normalized spacial score (nSPS) is 24.5. The van der Waals surface area contributed by atoms with Gasteiger partial charge in [0.25, 0.3) is 5.91 Å². The first-order valence-electron chi connectivity index (χ1n) is 9.37. The highest BCUT2D eigenvalue weighted by Gasteiger charge is 2.50. The van der Waals surface area contributed by atoms with Crippen LogP contribution in [0.1, 0.15) is 50.4 Å². The fourth-order valence-corrected chi connectivity index (χ4v) is 4.21. The number of amides is 2. The van der Waals surface area contributed by atoms with Gasteiger partial charge in [-0.25, -0.2) is 4.79 Å². The highest BCUT2D eigenvalue weighted by molar-refractivity contribution is 6.33. The molecule has 1 spiro atoms. The van der Waals surface area contributed by atoms with E-state index in [1.54, 1.807) is 19.2 Å². The molecule has 1 aromatic rings. The van der Waals surface area contributed by atoms with Crippen molar-refractivity contribution in [3.63, 3.8) is 0 Å². The lowest BCUT2D eigenvalue weighted by molar-refractivity contribution is 0.0237. The summed E-state index contributed by atoms with van der Waals surface area (Å²) >= 11 is 6.32. The van der Waals surface area contributed by atoms with Crippen LogP contribution in [-0.2, 0) is 4.74 Å². The Morgan fingerprint density at radius 2 is 2.00 bits per heavy atom. The number of carbonyl (C=O) groups excluding carboxylic acids is 2. The lowest BCUT2D eigenvalue weighted by atomic mass is 9.65. The van der Waals surface area contributed by atoms with Gasteiger partial charge in [0.2, 0.25) is 0 Å². The van der Waals surface area contributed by atoms with Crippen LogP contribution in [0.4, 0.5) is 10.5 Å². The van der Waals surface area contributed by atoms with Crippen LogP contribution < -0.4 is 10.6 Å². The van der Waals surface area contributed by atoms with Crippen molar-refractivity contribution >= 4 is 29.3 Å². The van der Waals surface area contributed by atoms with Gasteiger partial charge in [0.1, 0.15) is 5.60 Å². The van der Waals surface area contributed by atoms with Crippen molar-refractivity contribution in [1.29, 1.82) is 0 Å². The highest BCUT2D eigenvalue weighted by Crippen LogP contribution is 2.49. The maximum atomic E-state index is 12.3. The second-order valence-electron chi connectivity index (χ2n) is 8.68. The lowest BCUT2D eigenvalue weighted by Gasteiger charge is -2.46. The van der Waals surface area contributed by atoms with Crippen molar-refractivity contribution in [2.75, 3.05) is 25.5 Å². The van der Waals surface area contributed by atoms with Gasteiger partial charge in [-0.05, 0) is 63.6 Å². The molecule has 2 amide bonds. The largest absolute Gasteiger partial charge is 0.444 e. The van der Waals surface area contributed by atoms with E-state index < -0.39 is 5.60 Å². The molecule has 2 fully saturated rings. The highest BCUT2D eigenvalue weighted by atomic mass is 35.5. The average Bonchev–Trinajstić information content (AvgIpc) is 2.99. The third-order valence-electron chi connectivity index (χ3n) is 5.27. The quantitative estimate of drug-likeness (QED) is 0.816. The van der Waals surface area contributed by atoms with Gasteiger partial charge in [-0.2, -0.15) is 0 Å². The van der Waals surface area contributed by atoms with Crippen molar-refractivity contribution < 1.29 is 14.3 Å². The van der Waals surface area contributed by atoms with E-state index in [0.29, 0.717) is 16.6 Å². The van der Waals surface area contributed by atoms with E-state index in [-0.39, 0.29) is 17.4 Å². The number of carbonyl (C=O) groups is 2. The minimum atomic E-state index is -0.464. The maximum Gasteiger partial charge on any atom is 0.410 e. The Hall–Kier alpha value is -1.95. The molecule has 0 bridgehead atoms. The first-order valence-corrected chi connectivity index (χ1v) is 9.75. The molecule has 1 saturated heterocycles. The second-order valence-corrected chi connectivity index (χ2v) is 9.08. The van der Waals surface area contributed by atoms with Gasteiger partial charge in [-0.3, -0.25) is 4.79 Å². The fourth-order valence-electron chi connectivity index (χ4n) is 3.98. The summed E-state index contributed by atoms with van der Waals surface area (Å²) in [5.41, 5.74) is 1.10. The Balaban J connectivity index is 1.53. The molecular weight excluding hydrogens is 366 g/mol. The number of halogens is 1. The number of hydrogen-bond donors (Lipinski definition) is 2. The third-order valence-corrected chi connectivity index (χ3v) is 5.58. The maximum absolute atomic E-state index is 12.3. The molecule has 7 heteroatoms. The topological polar surface area (TPSA) is 70.7 Å². The van der Waals surface area contributed by atoms with Crippen molar-refractivity contribution in [2.24, 2.45) is 5.41 Å². The van der Waals surface area contributed by atoms with E-state index in [0.717, 1.165) is 38.0 Å². The number of anilines is 1. The monoisotopic (exact) mass is 393 g/mol. The minimum absolute atomic E-state index is 0.153. The van der Waals surface area contributed by atoms with Gasteiger partial charge in [-0.1, -0.05) is 11.6 Å². The first kappa shape index (κ1) is 19.8. The number of benzene rings is 1. The van der Waals surface area contributed by atoms with Crippen LogP contribution in [0.5, 0.6) is 0 Å². The lowest BCUT2D eigenvalue weighted by Crippen LogP contribution is -2.47. The number of hydrogen-bond acceptors (Lipinski definition) is 4. The van der Waals surface area contributed by atoms with Gasteiger partial charge in [0, 0.05) is 31.7 Å². The zero-order valence-electron chi connectivity index (χ0n) is 16.4. The molecule has 3 rings (SSSR count). The number of rotatable bonds is 3. The predicted molar refractivity (Wildman–Crippen MR) is 106 cm³/mol. The molecule has 0 atom stereocenters. The molecule has 1 aliphatic carbocycles. The summed E-state index contributed by atoms with van der Waals surface area (Å²) in [7, 11) is 1.60. The summed E-state index contributed by atoms with van der Waals surface area (Å²) in [4.78, 5) is 25.8. The molecular formula is C20H28ClN3O3. The van der Waals surface area contributed by atoms with Crippen LogP contribution in [0, 0.1) is 5.41 Å². The summed E-state index contributed by atoms with van der Waals surface area (Å²) in [6, 6.07) is 5.62. The van der Waals surface area contributed by atoms with Gasteiger partial charge >= 0.3 is 6.09 Å². The number of nitrogens with zero attached hydrogens (tertiary/aromatic N) is 1. The van der Waals surface area contributed by atoms with Gasteiger partial charge in [0.05, 0.1) is 10.7 Å². The Kier molecular flexibility index (Phi) is 5.30.